The summed E-state index contributed by atoms with van der Waals surface area (Å²) in [5, 5.41) is 6.25. The van der Waals surface area contributed by atoms with Crippen molar-refractivity contribution in [1.82, 2.24) is 15.4 Å². The highest BCUT2D eigenvalue weighted by atomic mass is 32.2. The molecule has 0 fully saturated rings. The van der Waals surface area contributed by atoms with E-state index in [1.165, 1.54) is 0 Å². The minimum Gasteiger partial charge on any atom is -0.383 e. The van der Waals surface area contributed by atoms with Crippen LogP contribution in [0.15, 0.2) is 35.3 Å². The summed E-state index contributed by atoms with van der Waals surface area (Å²) >= 11 is 0. The van der Waals surface area contributed by atoms with E-state index in [0.717, 1.165) is 5.56 Å². The molecular formula is C16H28N4O3S. The molecule has 1 rings (SSSR count). The number of aliphatic imine (C=N–C) groups is 1. The highest BCUT2D eigenvalue weighted by Gasteiger charge is 2.10. The molecule has 7 nitrogen and oxygen atoms in total. The highest BCUT2D eigenvalue weighted by molar-refractivity contribution is 7.89. The Bertz CT molecular complexity index is 591. The number of methoxy groups -OCH3 is 1. The van der Waals surface area contributed by atoms with Gasteiger partial charge in [0.2, 0.25) is 10.0 Å². The second kappa shape index (κ2) is 11.0. The van der Waals surface area contributed by atoms with Gasteiger partial charge in [0.1, 0.15) is 0 Å². The molecule has 136 valence electrons. The molecule has 1 aromatic carbocycles. The van der Waals surface area contributed by atoms with Crippen LogP contribution in [0.4, 0.5) is 0 Å². The summed E-state index contributed by atoms with van der Waals surface area (Å²) in [4.78, 5) is 4.30. The van der Waals surface area contributed by atoms with Crippen molar-refractivity contribution in [1.29, 1.82) is 0 Å². The number of rotatable bonds is 10. The van der Waals surface area contributed by atoms with E-state index >= 15 is 0 Å². The quantitative estimate of drug-likeness (QED) is 0.424. The maximum atomic E-state index is 12.0. The number of nitrogens with one attached hydrogen (secondary N) is 3. The lowest BCUT2D eigenvalue weighted by Crippen LogP contribution is -2.44. The van der Waals surface area contributed by atoms with Crippen LogP contribution in [0.25, 0.3) is 0 Å². The van der Waals surface area contributed by atoms with Crippen molar-refractivity contribution in [2.75, 3.05) is 32.6 Å². The molecule has 0 radical (unpaired) electrons. The normalized spacial score (nSPS) is 13.5. The van der Waals surface area contributed by atoms with Gasteiger partial charge in [-0.05, 0) is 19.4 Å². The third kappa shape index (κ3) is 8.85. The van der Waals surface area contributed by atoms with Crippen LogP contribution < -0.4 is 15.4 Å². The fraction of sp³-hybridized carbons (Fsp3) is 0.562. The topological polar surface area (TPSA) is 91.8 Å². The molecule has 1 unspecified atom stereocenters. The van der Waals surface area contributed by atoms with Gasteiger partial charge in [0.15, 0.2) is 5.96 Å². The van der Waals surface area contributed by atoms with Gasteiger partial charge in [-0.1, -0.05) is 30.3 Å². The standard InChI is InChI=1S/C16H28N4O3S/c1-4-17-16(20-14(2)13-23-3)18-10-11-24(21,22)19-12-15-8-6-5-7-9-15/h5-9,14,19H,4,10-13H2,1-3H3,(H2,17,18,20). The zero-order valence-electron chi connectivity index (χ0n) is 14.6. The smallest absolute Gasteiger partial charge is 0.213 e. The zero-order chi connectivity index (χ0) is 17.8. The molecule has 0 aliphatic rings. The van der Waals surface area contributed by atoms with E-state index in [-0.39, 0.29) is 24.9 Å². The van der Waals surface area contributed by atoms with Crippen LogP contribution in [0.1, 0.15) is 19.4 Å². The van der Waals surface area contributed by atoms with E-state index in [1.54, 1.807) is 7.11 Å². The molecule has 0 amide bonds. The van der Waals surface area contributed by atoms with E-state index in [4.69, 9.17) is 4.74 Å². The molecule has 0 spiro atoms. The molecule has 0 aliphatic carbocycles. The Kier molecular flexibility index (Phi) is 9.36. The summed E-state index contributed by atoms with van der Waals surface area (Å²) in [5.74, 6) is 0.523. The third-order valence-electron chi connectivity index (χ3n) is 3.11. The predicted octanol–water partition coefficient (Wildman–Crippen LogP) is 0.696. The van der Waals surface area contributed by atoms with Crippen molar-refractivity contribution in [3.05, 3.63) is 35.9 Å². The molecule has 0 bridgehead atoms. The Morgan fingerprint density at radius 2 is 2.00 bits per heavy atom. The Hall–Kier alpha value is -1.64. The minimum absolute atomic E-state index is 0.0604. The van der Waals surface area contributed by atoms with Crippen LogP contribution in [0.2, 0.25) is 0 Å². The first-order valence-corrected chi connectivity index (χ1v) is 9.67. The van der Waals surface area contributed by atoms with Crippen molar-refractivity contribution < 1.29 is 13.2 Å². The Balaban J connectivity index is 2.47. The molecule has 0 aromatic heterocycles. The van der Waals surface area contributed by atoms with Gasteiger partial charge in [0.05, 0.1) is 18.9 Å². The zero-order valence-corrected chi connectivity index (χ0v) is 15.4. The van der Waals surface area contributed by atoms with Gasteiger partial charge in [-0.2, -0.15) is 0 Å². The van der Waals surface area contributed by atoms with Crippen molar-refractivity contribution in [2.45, 2.75) is 26.4 Å². The molecule has 24 heavy (non-hydrogen) atoms. The average molecular weight is 356 g/mol. The molecule has 1 atom stereocenters. The summed E-state index contributed by atoms with van der Waals surface area (Å²) < 4.78 is 31.7. The first-order valence-electron chi connectivity index (χ1n) is 8.02. The molecule has 0 heterocycles. The van der Waals surface area contributed by atoms with Gasteiger partial charge in [-0.15, -0.1) is 0 Å². The van der Waals surface area contributed by atoms with Crippen LogP contribution in [0.5, 0.6) is 0 Å². The van der Waals surface area contributed by atoms with E-state index in [1.807, 2.05) is 44.2 Å². The van der Waals surface area contributed by atoms with E-state index in [0.29, 0.717) is 19.1 Å². The average Bonchev–Trinajstić information content (AvgIpc) is 2.54. The molecule has 0 saturated heterocycles. The van der Waals surface area contributed by atoms with Crippen LogP contribution in [0.3, 0.4) is 0 Å². The first kappa shape index (κ1) is 20.4. The van der Waals surface area contributed by atoms with Crippen molar-refractivity contribution in [3.63, 3.8) is 0 Å². The lowest BCUT2D eigenvalue weighted by Gasteiger charge is -2.17. The molecule has 3 N–H and O–H groups in total. The van der Waals surface area contributed by atoms with Gasteiger partial charge in [-0.3, -0.25) is 4.99 Å². The number of hydrogen-bond donors (Lipinski definition) is 3. The maximum Gasteiger partial charge on any atom is 0.213 e. The number of benzene rings is 1. The van der Waals surface area contributed by atoms with Crippen LogP contribution >= 0.6 is 0 Å². The van der Waals surface area contributed by atoms with Gasteiger partial charge < -0.3 is 15.4 Å². The van der Waals surface area contributed by atoms with E-state index in [9.17, 15) is 8.42 Å². The second-order valence-electron chi connectivity index (χ2n) is 5.39. The second-order valence-corrected chi connectivity index (χ2v) is 7.31. The minimum atomic E-state index is -3.37. The number of ether oxygens (including phenoxy) is 1. The summed E-state index contributed by atoms with van der Waals surface area (Å²) in [6.07, 6.45) is 0. The van der Waals surface area contributed by atoms with Crippen molar-refractivity contribution >= 4 is 16.0 Å². The monoisotopic (exact) mass is 356 g/mol. The van der Waals surface area contributed by atoms with Gasteiger partial charge in [-0.25, -0.2) is 13.1 Å². The van der Waals surface area contributed by atoms with Gasteiger partial charge in [0.25, 0.3) is 0 Å². The number of hydrogen-bond acceptors (Lipinski definition) is 4. The Morgan fingerprint density at radius 3 is 2.62 bits per heavy atom. The van der Waals surface area contributed by atoms with Crippen LogP contribution in [0, 0.1) is 0 Å². The fourth-order valence-corrected chi connectivity index (χ4v) is 2.85. The van der Waals surface area contributed by atoms with E-state index in [2.05, 4.69) is 20.3 Å². The summed E-state index contributed by atoms with van der Waals surface area (Å²) in [7, 11) is -1.73. The molecular weight excluding hydrogens is 328 g/mol. The third-order valence-corrected chi connectivity index (χ3v) is 4.42. The molecule has 8 heteroatoms. The SMILES string of the molecule is CCNC(=NCCS(=O)(=O)NCc1ccccc1)NC(C)COC. The molecule has 0 aliphatic heterocycles. The van der Waals surface area contributed by atoms with Gasteiger partial charge >= 0.3 is 0 Å². The first-order chi connectivity index (χ1) is 11.5. The highest BCUT2D eigenvalue weighted by Crippen LogP contribution is 1.98. The molecule has 0 saturated carbocycles. The fourth-order valence-electron chi connectivity index (χ4n) is 1.98. The lowest BCUT2D eigenvalue weighted by atomic mass is 10.2. The molecule has 1 aromatic rings. The summed E-state index contributed by atoms with van der Waals surface area (Å²) in [5.41, 5.74) is 0.924. The lowest BCUT2D eigenvalue weighted by molar-refractivity contribution is 0.179. The van der Waals surface area contributed by atoms with E-state index < -0.39 is 10.0 Å². The maximum absolute atomic E-state index is 12.0. The largest absolute Gasteiger partial charge is 0.383 e. The van der Waals surface area contributed by atoms with Crippen molar-refractivity contribution in [2.24, 2.45) is 4.99 Å². The Morgan fingerprint density at radius 1 is 1.29 bits per heavy atom. The summed E-state index contributed by atoms with van der Waals surface area (Å²) in [6, 6.07) is 9.50. The Labute approximate surface area is 145 Å². The number of sulfonamides is 1. The van der Waals surface area contributed by atoms with Crippen molar-refractivity contribution in [3.8, 4) is 0 Å². The number of guanidine groups is 1. The van der Waals surface area contributed by atoms with Crippen LogP contribution in [-0.2, 0) is 21.3 Å². The predicted molar refractivity (Wildman–Crippen MR) is 97.5 cm³/mol. The van der Waals surface area contributed by atoms with Gasteiger partial charge in [0, 0.05) is 26.2 Å². The van der Waals surface area contributed by atoms with Crippen LogP contribution in [-0.4, -0.2) is 53.0 Å². The summed E-state index contributed by atoms with van der Waals surface area (Å²) in [6.45, 7) is 5.63. The number of nitrogens with zero attached hydrogens (tertiary/aromatic N) is 1.